The van der Waals surface area contributed by atoms with E-state index in [1.807, 2.05) is 13.0 Å². The summed E-state index contributed by atoms with van der Waals surface area (Å²) in [4.78, 5) is 13.1. The van der Waals surface area contributed by atoms with Gasteiger partial charge in [-0.1, -0.05) is 19.1 Å². The van der Waals surface area contributed by atoms with Crippen molar-refractivity contribution in [3.05, 3.63) is 39.4 Å². The van der Waals surface area contributed by atoms with Crippen LogP contribution in [0.3, 0.4) is 0 Å². The summed E-state index contributed by atoms with van der Waals surface area (Å²) < 4.78 is 0. The fourth-order valence-electron chi connectivity index (χ4n) is 2.98. The van der Waals surface area contributed by atoms with Gasteiger partial charge in [-0.15, -0.1) is 0 Å². The third-order valence-electron chi connectivity index (χ3n) is 4.40. The van der Waals surface area contributed by atoms with Gasteiger partial charge in [-0.05, 0) is 57.4 Å². The standard InChI is InChI=1S/C16H25N3O2/c1-3-17-11-14-7-9-18(10-8-14)12-15-5-4-6-16(13(15)2)19(20)21/h4-6,14,17H,3,7-12H2,1-2H3. The van der Waals surface area contributed by atoms with E-state index in [9.17, 15) is 10.1 Å². The summed E-state index contributed by atoms with van der Waals surface area (Å²) in [5, 5.41) is 14.4. The predicted octanol–water partition coefficient (Wildman–Crippen LogP) is 2.72. The highest BCUT2D eigenvalue weighted by Crippen LogP contribution is 2.24. The van der Waals surface area contributed by atoms with Crippen LogP contribution in [0, 0.1) is 23.0 Å². The van der Waals surface area contributed by atoms with Gasteiger partial charge in [0.2, 0.25) is 0 Å². The molecule has 5 nitrogen and oxygen atoms in total. The number of nitro groups is 1. The van der Waals surface area contributed by atoms with E-state index >= 15 is 0 Å². The Kier molecular flexibility index (Phi) is 5.70. The topological polar surface area (TPSA) is 58.4 Å². The summed E-state index contributed by atoms with van der Waals surface area (Å²) in [5.74, 6) is 0.771. The highest BCUT2D eigenvalue weighted by Gasteiger charge is 2.20. The van der Waals surface area contributed by atoms with Crippen LogP contribution in [0.15, 0.2) is 18.2 Å². The van der Waals surface area contributed by atoms with E-state index in [1.165, 1.54) is 12.8 Å². The van der Waals surface area contributed by atoms with Gasteiger partial charge in [0.15, 0.2) is 0 Å². The summed E-state index contributed by atoms with van der Waals surface area (Å²) in [5.41, 5.74) is 2.11. The smallest absolute Gasteiger partial charge is 0.272 e. The number of benzene rings is 1. The average molecular weight is 291 g/mol. The number of nitro benzene ring substituents is 1. The van der Waals surface area contributed by atoms with Crippen LogP contribution in [0.4, 0.5) is 5.69 Å². The van der Waals surface area contributed by atoms with Crippen LogP contribution in [0.1, 0.15) is 30.9 Å². The van der Waals surface area contributed by atoms with Gasteiger partial charge in [0.1, 0.15) is 0 Å². The molecule has 1 fully saturated rings. The normalized spacial score (nSPS) is 17.0. The Morgan fingerprint density at radius 2 is 2.10 bits per heavy atom. The predicted molar refractivity (Wildman–Crippen MR) is 84.4 cm³/mol. The molecule has 1 N–H and O–H groups in total. The van der Waals surface area contributed by atoms with Crippen LogP contribution >= 0.6 is 0 Å². The van der Waals surface area contributed by atoms with E-state index in [1.54, 1.807) is 12.1 Å². The number of rotatable bonds is 6. The number of nitrogens with one attached hydrogen (secondary N) is 1. The first-order valence-electron chi connectivity index (χ1n) is 7.77. The third-order valence-corrected chi connectivity index (χ3v) is 4.40. The molecule has 0 aromatic heterocycles. The molecular formula is C16H25N3O2. The summed E-state index contributed by atoms with van der Waals surface area (Å²) in [6, 6.07) is 5.38. The molecule has 0 atom stereocenters. The lowest BCUT2D eigenvalue weighted by molar-refractivity contribution is -0.385. The molecule has 0 bridgehead atoms. The molecule has 5 heteroatoms. The van der Waals surface area contributed by atoms with Crippen molar-refractivity contribution >= 4 is 5.69 Å². The fourth-order valence-corrected chi connectivity index (χ4v) is 2.98. The molecule has 1 heterocycles. The van der Waals surface area contributed by atoms with E-state index in [0.717, 1.165) is 49.8 Å². The summed E-state index contributed by atoms with van der Waals surface area (Å²) >= 11 is 0. The Morgan fingerprint density at radius 3 is 2.71 bits per heavy atom. The van der Waals surface area contributed by atoms with Crippen molar-refractivity contribution in [3.8, 4) is 0 Å². The van der Waals surface area contributed by atoms with E-state index in [2.05, 4.69) is 17.1 Å². The Labute approximate surface area is 126 Å². The lowest BCUT2D eigenvalue weighted by atomic mass is 9.96. The first kappa shape index (κ1) is 15.9. The zero-order valence-corrected chi connectivity index (χ0v) is 13.0. The number of likely N-dealkylation sites (tertiary alicyclic amines) is 1. The van der Waals surface area contributed by atoms with Gasteiger partial charge in [0, 0.05) is 18.2 Å². The minimum atomic E-state index is -0.290. The highest BCUT2D eigenvalue weighted by atomic mass is 16.6. The third kappa shape index (κ3) is 4.25. The van der Waals surface area contributed by atoms with Gasteiger partial charge in [-0.25, -0.2) is 0 Å². The van der Waals surface area contributed by atoms with Crippen molar-refractivity contribution in [3.63, 3.8) is 0 Å². The van der Waals surface area contributed by atoms with Crippen LogP contribution in [-0.4, -0.2) is 36.0 Å². The van der Waals surface area contributed by atoms with Gasteiger partial charge in [0.05, 0.1) is 4.92 Å². The van der Waals surface area contributed by atoms with E-state index < -0.39 is 0 Å². The van der Waals surface area contributed by atoms with Crippen molar-refractivity contribution in [2.45, 2.75) is 33.2 Å². The lowest BCUT2D eigenvalue weighted by Gasteiger charge is -2.32. The maximum Gasteiger partial charge on any atom is 0.272 e. The minimum Gasteiger partial charge on any atom is -0.317 e. The molecule has 2 rings (SSSR count). The molecule has 1 aromatic rings. The summed E-state index contributed by atoms with van der Waals surface area (Å²) in [6.07, 6.45) is 2.42. The van der Waals surface area contributed by atoms with Crippen LogP contribution in [-0.2, 0) is 6.54 Å². The first-order chi connectivity index (χ1) is 10.1. The fraction of sp³-hybridized carbons (Fsp3) is 0.625. The molecule has 0 amide bonds. The molecule has 1 aliphatic heterocycles. The molecule has 21 heavy (non-hydrogen) atoms. The molecule has 1 aromatic carbocycles. The molecule has 0 spiro atoms. The van der Waals surface area contributed by atoms with Gasteiger partial charge < -0.3 is 5.32 Å². The maximum absolute atomic E-state index is 11.0. The first-order valence-corrected chi connectivity index (χ1v) is 7.77. The zero-order chi connectivity index (χ0) is 15.2. The monoisotopic (exact) mass is 291 g/mol. The van der Waals surface area contributed by atoms with Crippen LogP contribution in [0.5, 0.6) is 0 Å². The SMILES string of the molecule is CCNCC1CCN(Cc2cccc([N+](=O)[O-])c2C)CC1. The van der Waals surface area contributed by atoms with Crippen LogP contribution in [0.2, 0.25) is 0 Å². The lowest BCUT2D eigenvalue weighted by Crippen LogP contribution is -2.37. The maximum atomic E-state index is 11.0. The largest absolute Gasteiger partial charge is 0.317 e. The van der Waals surface area contributed by atoms with Crippen LogP contribution < -0.4 is 5.32 Å². The highest BCUT2D eigenvalue weighted by molar-refractivity contribution is 5.44. The Morgan fingerprint density at radius 1 is 1.38 bits per heavy atom. The van der Waals surface area contributed by atoms with Crippen molar-refractivity contribution in [2.24, 2.45) is 5.92 Å². The van der Waals surface area contributed by atoms with Gasteiger partial charge in [-0.3, -0.25) is 15.0 Å². The molecule has 0 unspecified atom stereocenters. The van der Waals surface area contributed by atoms with Crippen molar-refractivity contribution in [1.29, 1.82) is 0 Å². The molecule has 0 radical (unpaired) electrons. The average Bonchev–Trinajstić information content (AvgIpc) is 2.48. The number of nitrogens with zero attached hydrogens (tertiary/aromatic N) is 2. The van der Waals surface area contributed by atoms with Gasteiger partial charge in [-0.2, -0.15) is 0 Å². The molecule has 116 valence electrons. The minimum absolute atomic E-state index is 0.231. The van der Waals surface area contributed by atoms with Crippen molar-refractivity contribution in [1.82, 2.24) is 10.2 Å². The van der Waals surface area contributed by atoms with E-state index in [-0.39, 0.29) is 10.6 Å². The molecule has 1 saturated heterocycles. The zero-order valence-electron chi connectivity index (χ0n) is 13.0. The number of hydrogen-bond donors (Lipinski definition) is 1. The van der Waals surface area contributed by atoms with Crippen molar-refractivity contribution in [2.75, 3.05) is 26.2 Å². The van der Waals surface area contributed by atoms with E-state index in [4.69, 9.17) is 0 Å². The second kappa shape index (κ2) is 7.52. The Bertz CT molecular complexity index is 482. The summed E-state index contributed by atoms with van der Waals surface area (Å²) in [6.45, 7) is 9.12. The van der Waals surface area contributed by atoms with Gasteiger partial charge in [0.25, 0.3) is 5.69 Å². The number of hydrogen-bond acceptors (Lipinski definition) is 4. The Hall–Kier alpha value is -1.46. The van der Waals surface area contributed by atoms with Crippen molar-refractivity contribution < 1.29 is 4.92 Å². The number of piperidine rings is 1. The Balaban J connectivity index is 1.92. The van der Waals surface area contributed by atoms with Crippen LogP contribution in [0.25, 0.3) is 0 Å². The van der Waals surface area contributed by atoms with Gasteiger partial charge >= 0.3 is 0 Å². The van der Waals surface area contributed by atoms with E-state index in [0.29, 0.717) is 0 Å². The molecule has 0 saturated carbocycles. The summed E-state index contributed by atoms with van der Waals surface area (Å²) in [7, 11) is 0. The molecular weight excluding hydrogens is 266 g/mol. The quantitative estimate of drug-likeness (QED) is 0.647. The second-order valence-electron chi connectivity index (χ2n) is 5.85. The molecule has 0 aliphatic carbocycles. The molecule has 1 aliphatic rings. The second-order valence-corrected chi connectivity index (χ2v) is 5.85.